The number of non-ortho nitro benzene ring substituents is 1. The van der Waals surface area contributed by atoms with Gasteiger partial charge in [-0.05, 0) is 35.9 Å². The van der Waals surface area contributed by atoms with E-state index in [0.717, 1.165) is 0 Å². The van der Waals surface area contributed by atoms with Crippen LogP contribution in [0.1, 0.15) is 21.7 Å². The molecule has 2 N–H and O–H groups in total. The standard InChI is InChI=1S/C20H14ClN3O6/c21-17-7-3-13(10-16(17)20(26)27)18-8-6-15(30-18)11-22-23-19(25)9-12-1-4-14(5-2-12)24(28)29/h1-8,10-11H,9H2,(H,23,25)(H,26,27)/b22-11-. The number of carbonyl (C=O) groups excluding carboxylic acids is 1. The number of furan rings is 1. The summed E-state index contributed by atoms with van der Waals surface area (Å²) in [6, 6.07) is 13.4. The molecule has 10 heteroatoms. The second-order valence-electron chi connectivity index (χ2n) is 6.10. The third-order valence-electron chi connectivity index (χ3n) is 4.00. The molecule has 0 aliphatic carbocycles. The molecule has 0 spiro atoms. The summed E-state index contributed by atoms with van der Waals surface area (Å²) in [5.41, 5.74) is 3.37. The van der Waals surface area contributed by atoms with E-state index < -0.39 is 16.8 Å². The van der Waals surface area contributed by atoms with Crippen LogP contribution in [-0.4, -0.2) is 28.1 Å². The number of nitrogens with zero attached hydrogens (tertiary/aromatic N) is 2. The number of carboxylic acids is 1. The highest BCUT2D eigenvalue weighted by Gasteiger charge is 2.12. The highest BCUT2D eigenvalue weighted by Crippen LogP contribution is 2.26. The van der Waals surface area contributed by atoms with Gasteiger partial charge in [-0.2, -0.15) is 5.10 Å². The summed E-state index contributed by atoms with van der Waals surface area (Å²) in [4.78, 5) is 33.2. The number of aromatic carboxylic acids is 1. The number of benzene rings is 2. The van der Waals surface area contributed by atoms with Crippen molar-refractivity contribution in [2.45, 2.75) is 6.42 Å². The zero-order chi connectivity index (χ0) is 21.7. The van der Waals surface area contributed by atoms with Crippen LogP contribution in [-0.2, 0) is 11.2 Å². The molecular weight excluding hydrogens is 414 g/mol. The normalized spacial score (nSPS) is 10.8. The zero-order valence-electron chi connectivity index (χ0n) is 15.2. The Bertz CT molecular complexity index is 1140. The number of amides is 1. The number of nitrogens with one attached hydrogen (secondary N) is 1. The Balaban J connectivity index is 1.60. The number of rotatable bonds is 7. The number of hydrogen-bond acceptors (Lipinski definition) is 6. The van der Waals surface area contributed by atoms with Crippen molar-refractivity contribution < 1.29 is 24.0 Å². The molecule has 3 rings (SSSR count). The SMILES string of the molecule is O=C(Cc1ccc([N+](=O)[O-])cc1)N/N=C\c1ccc(-c2ccc(Cl)c(C(=O)O)c2)o1. The topological polar surface area (TPSA) is 135 Å². The Hall–Kier alpha value is -3.98. The van der Waals surface area contributed by atoms with E-state index >= 15 is 0 Å². The molecule has 0 saturated carbocycles. The fourth-order valence-electron chi connectivity index (χ4n) is 2.55. The van der Waals surface area contributed by atoms with Gasteiger partial charge in [-0.1, -0.05) is 23.7 Å². The van der Waals surface area contributed by atoms with E-state index in [1.165, 1.54) is 42.6 Å². The summed E-state index contributed by atoms with van der Waals surface area (Å²) in [6.45, 7) is 0. The lowest BCUT2D eigenvalue weighted by Gasteiger charge is -2.02. The summed E-state index contributed by atoms with van der Waals surface area (Å²) in [6.07, 6.45) is 1.30. The maximum Gasteiger partial charge on any atom is 0.337 e. The molecule has 0 aliphatic rings. The van der Waals surface area contributed by atoms with Crippen LogP contribution in [0.2, 0.25) is 5.02 Å². The minimum atomic E-state index is -1.15. The molecule has 0 aliphatic heterocycles. The predicted molar refractivity (Wildman–Crippen MR) is 109 cm³/mol. The summed E-state index contributed by atoms with van der Waals surface area (Å²) in [5.74, 6) is -0.804. The van der Waals surface area contributed by atoms with E-state index in [-0.39, 0.29) is 22.7 Å². The Labute approximate surface area is 174 Å². The van der Waals surface area contributed by atoms with E-state index in [1.54, 1.807) is 18.2 Å². The minimum Gasteiger partial charge on any atom is -0.478 e. The quantitative estimate of drug-likeness (QED) is 0.333. The van der Waals surface area contributed by atoms with Crippen molar-refractivity contribution in [1.29, 1.82) is 0 Å². The molecule has 9 nitrogen and oxygen atoms in total. The molecule has 0 unspecified atom stereocenters. The molecule has 152 valence electrons. The van der Waals surface area contributed by atoms with E-state index in [1.807, 2.05) is 0 Å². The number of carboxylic acid groups (broad SMARTS) is 1. The van der Waals surface area contributed by atoms with Crippen molar-refractivity contribution in [1.82, 2.24) is 5.43 Å². The van der Waals surface area contributed by atoms with Gasteiger partial charge in [0.2, 0.25) is 5.91 Å². The van der Waals surface area contributed by atoms with E-state index in [0.29, 0.717) is 22.6 Å². The molecule has 0 saturated heterocycles. The molecular formula is C20H14ClN3O6. The smallest absolute Gasteiger partial charge is 0.337 e. The van der Waals surface area contributed by atoms with Crippen LogP contribution in [0.25, 0.3) is 11.3 Å². The third-order valence-corrected chi connectivity index (χ3v) is 4.33. The molecule has 0 bridgehead atoms. The van der Waals surface area contributed by atoms with Gasteiger partial charge in [0, 0.05) is 17.7 Å². The van der Waals surface area contributed by atoms with Crippen LogP contribution in [0, 0.1) is 10.1 Å². The van der Waals surface area contributed by atoms with Crippen LogP contribution in [0.5, 0.6) is 0 Å². The Morgan fingerprint density at radius 1 is 1.17 bits per heavy atom. The molecule has 0 atom stereocenters. The first-order valence-corrected chi connectivity index (χ1v) is 8.89. The van der Waals surface area contributed by atoms with Gasteiger partial charge in [0.05, 0.1) is 28.1 Å². The Morgan fingerprint density at radius 2 is 1.90 bits per heavy atom. The van der Waals surface area contributed by atoms with Crippen molar-refractivity contribution in [3.05, 3.63) is 86.6 Å². The van der Waals surface area contributed by atoms with Gasteiger partial charge >= 0.3 is 5.97 Å². The molecule has 3 aromatic rings. The molecule has 1 amide bonds. The largest absolute Gasteiger partial charge is 0.478 e. The van der Waals surface area contributed by atoms with Gasteiger partial charge in [0.25, 0.3) is 5.69 Å². The van der Waals surface area contributed by atoms with Crippen molar-refractivity contribution in [3.63, 3.8) is 0 Å². The highest BCUT2D eigenvalue weighted by molar-refractivity contribution is 6.33. The van der Waals surface area contributed by atoms with Gasteiger partial charge in [-0.25, -0.2) is 10.2 Å². The van der Waals surface area contributed by atoms with Gasteiger partial charge in [-0.3, -0.25) is 14.9 Å². The maximum absolute atomic E-state index is 11.9. The Morgan fingerprint density at radius 3 is 2.57 bits per heavy atom. The molecule has 1 heterocycles. The highest BCUT2D eigenvalue weighted by atomic mass is 35.5. The van der Waals surface area contributed by atoms with Gasteiger partial charge in [0.15, 0.2) is 0 Å². The predicted octanol–water partition coefficient (Wildman–Crippen LogP) is 3.90. The van der Waals surface area contributed by atoms with Crippen LogP contribution in [0.4, 0.5) is 5.69 Å². The van der Waals surface area contributed by atoms with E-state index in [4.69, 9.17) is 21.1 Å². The Kier molecular flexibility index (Phi) is 6.23. The first-order valence-electron chi connectivity index (χ1n) is 8.52. The summed E-state index contributed by atoms with van der Waals surface area (Å²) in [7, 11) is 0. The molecule has 2 aromatic carbocycles. The van der Waals surface area contributed by atoms with Gasteiger partial charge in [0.1, 0.15) is 11.5 Å². The molecule has 30 heavy (non-hydrogen) atoms. The zero-order valence-corrected chi connectivity index (χ0v) is 16.0. The molecule has 0 fully saturated rings. The number of nitro groups is 1. The first-order chi connectivity index (χ1) is 14.3. The van der Waals surface area contributed by atoms with Crippen molar-refractivity contribution in [2.75, 3.05) is 0 Å². The van der Waals surface area contributed by atoms with Crippen LogP contribution in [0.15, 0.2) is 64.1 Å². The molecule has 0 radical (unpaired) electrons. The summed E-state index contributed by atoms with van der Waals surface area (Å²) in [5, 5.41) is 23.7. The van der Waals surface area contributed by atoms with Gasteiger partial charge in [-0.15, -0.1) is 0 Å². The lowest BCUT2D eigenvalue weighted by atomic mass is 10.1. The lowest BCUT2D eigenvalue weighted by molar-refractivity contribution is -0.384. The third kappa shape index (κ3) is 5.09. The number of hydrogen-bond donors (Lipinski definition) is 2. The maximum atomic E-state index is 11.9. The fourth-order valence-corrected chi connectivity index (χ4v) is 2.75. The average Bonchev–Trinajstić information content (AvgIpc) is 3.17. The molecule has 1 aromatic heterocycles. The van der Waals surface area contributed by atoms with E-state index in [9.17, 15) is 19.7 Å². The summed E-state index contributed by atoms with van der Waals surface area (Å²) >= 11 is 5.86. The van der Waals surface area contributed by atoms with Crippen LogP contribution in [0.3, 0.4) is 0 Å². The van der Waals surface area contributed by atoms with Crippen molar-refractivity contribution in [3.8, 4) is 11.3 Å². The summed E-state index contributed by atoms with van der Waals surface area (Å²) < 4.78 is 5.58. The second-order valence-corrected chi connectivity index (χ2v) is 6.50. The monoisotopic (exact) mass is 427 g/mol. The van der Waals surface area contributed by atoms with Crippen LogP contribution >= 0.6 is 11.6 Å². The van der Waals surface area contributed by atoms with Gasteiger partial charge < -0.3 is 9.52 Å². The number of carbonyl (C=O) groups is 2. The number of halogens is 1. The van der Waals surface area contributed by atoms with Crippen LogP contribution < -0.4 is 5.43 Å². The lowest BCUT2D eigenvalue weighted by Crippen LogP contribution is -2.19. The number of hydrazone groups is 1. The average molecular weight is 428 g/mol. The number of nitro benzene ring substituents is 1. The minimum absolute atomic E-state index is 0.00147. The second kappa shape index (κ2) is 9.01. The van der Waals surface area contributed by atoms with Crippen molar-refractivity contribution in [2.24, 2.45) is 5.10 Å². The van der Waals surface area contributed by atoms with E-state index in [2.05, 4.69) is 10.5 Å². The first kappa shape index (κ1) is 20.7. The van der Waals surface area contributed by atoms with Crippen molar-refractivity contribution >= 4 is 35.4 Å². The fraction of sp³-hybridized carbons (Fsp3) is 0.0500.